The summed E-state index contributed by atoms with van der Waals surface area (Å²) >= 11 is 0. The molecule has 3 heteroatoms. The summed E-state index contributed by atoms with van der Waals surface area (Å²) in [5, 5.41) is 3.52. The summed E-state index contributed by atoms with van der Waals surface area (Å²) < 4.78 is 5.95. The van der Waals surface area contributed by atoms with Crippen molar-refractivity contribution in [1.82, 2.24) is 10.2 Å². The van der Waals surface area contributed by atoms with Crippen LogP contribution < -0.4 is 5.32 Å². The molecule has 2 aliphatic rings. The third-order valence-corrected chi connectivity index (χ3v) is 4.51. The second kappa shape index (κ2) is 7.46. The molecular formula is C15H30N2O. The number of nitrogens with zero attached hydrogens (tertiary/aromatic N) is 1. The molecule has 106 valence electrons. The predicted molar refractivity (Wildman–Crippen MR) is 75.9 cm³/mol. The molecule has 0 aromatic rings. The van der Waals surface area contributed by atoms with Crippen LogP contribution in [0.1, 0.15) is 52.4 Å². The summed E-state index contributed by atoms with van der Waals surface area (Å²) in [6, 6.07) is 1.40. The molecule has 1 saturated carbocycles. The van der Waals surface area contributed by atoms with Gasteiger partial charge in [-0.2, -0.15) is 0 Å². The van der Waals surface area contributed by atoms with Crippen LogP contribution in [0.5, 0.6) is 0 Å². The first-order valence-corrected chi connectivity index (χ1v) is 7.91. The highest BCUT2D eigenvalue weighted by Crippen LogP contribution is 2.30. The molecule has 0 amide bonds. The second-order valence-corrected chi connectivity index (χ2v) is 5.89. The average Bonchev–Trinajstić information content (AvgIpc) is 2.43. The van der Waals surface area contributed by atoms with E-state index in [1.54, 1.807) is 0 Å². The molecule has 0 aromatic carbocycles. The number of rotatable bonds is 6. The number of fused-ring (bicyclic) bond motifs is 1. The molecule has 3 nitrogen and oxygen atoms in total. The lowest BCUT2D eigenvalue weighted by Crippen LogP contribution is -2.56. The highest BCUT2D eigenvalue weighted by Gasteiger charge is 2.35. The van der Waals surface area contributed by atoms with Crippen LogP contribution in [0.4, 0.5) is 0 Å². The number of hydrogen-bond acceptors (Lipinski definition) is 3. The molecule has 0 radical (unpaired) electrons. The van der Waals surface area contributed by atoms with Crippen molar-refractivity contribution < 1.29 is 4.74 Å². The zero-order chi connectivity index (χ0) is 12.8. The number of nitrogens with one attached hydrogen (secondary N) is 1. The van der Waals surface area contributed by atoms with Gasteiger partial charge in [0.2, 0.25) is 0 Å². The van der Waals surface area contributed by atoms with E-state index in [2.05, 4.69) is 24.1 Å². The van der Waals surface area contributed by atoms with Crippen LogP contribution in [0, 0.1) is 0 Å². The lowest BCUT2D eigenvalue weighted by molar-refractivity contribution is -0.101. The van der Waals surface area contributed by atoms with Gasteiger partial charge in [0.15, 0.2) is 0 Å². The Bertz CT molecular complexity index is 233. The Hall–Kier alpha value is -0.120. The van der Waals surface area contributed by atoms with Crippen molar-refractivity contribution in [3.05, 3.63) is 0 Å². The Labute approximate surface area is 112 Å². The highest BCUT2D eigenvalue weighted by atomic mass is 16.5. The van der Waals surface area contributed by atoms with Crippen molar-refractivity contribution in [2.45, 2.75) is 70.6 Å². The minimum atomic E-state index is 0.526. The van der Waals surface area contributed by atoms with Crippen molar-refractivity contribution in [1.29, 1.82) is 0 Å². The van der Waals surface area contributed by atoms with E-state index in [9.17, 15) is 0 Å². The quantitative estimate of drug-likeness (QED) is 0.737. The van der Waals surface area contributed by atoms with Crippen LogP contribution in [-0.2, 0) is 4.74 Å². The predicted octanol–water partition coefficient (Wildman–Crippen LogP) is 2.41. The molecule has 1 heterocycles. The van der Waals surface area contributed by atoms with Crippen LogP contribution in [0.25, 0.3) is 0 Å². The summed E-state index contributed by atoms with van der Waals surface area (Å²) in [6.45, 7) is 9.01. The fourth-order valence-electron chi connectivity index (χ4n) is 3.45. The molecular weight excluding hydrogens is 224 g/mol. The Balaban J connectivity index is 1.78. The molecule has 1 aliphatic carbocycles. The van der Waals surface area contributed by atoms with Crippen LogP contribution in [0.3, 0.4) is 0 Å². The molecule has 3 atom stereocenters. The van der Waals surface area contributed by atoms with Gasteiger partial charge in [0.05, 0.1) is 12.7 Å². The van der Waals surface area contributed by atoms with Gasteiger partial charge >= 0.3 is 0 Å². The maximum Gasteiger partial charge on any atom is 0.0731 e. The van der Waals surface area contributed by atoms with Crippen LogP contribution >= 0.6 is 0 Å². The summed E-state index contributed by atoms with van der Waals surface area (Å²) in [5.41, 5.74) is 0. The van der Waals surface area contributed by atoms with E-state index in [-0.39, 0.29) is 0 Å². The zero-order valence-electron chi connectivity index (χ0n) is 12.2. The fraction of sp³-hybridized carbons (Fsp3) is 1.00. The molecule has 18 heavy (non-hydrogen) atoms. The molecule has 0 aromatic heterocycles. The minimum Gasteiger partial charge on any atom is -0.375 e. The highest BCUT2D eigenvalue weighted by molar-refractivity contribution is 4.89. The van der Waals surface area contributed by atoms with Gasteiger partial charge in [0.1, 0.15) is 0 Å². The third kappa shape index (κ3) is 3.69. The molecule has 1 N–H and O–H groups in total. The van der Waals surface area contributed by atoms with Gasteiger partial charge in [-0.25, -0.2) is 0 Å². The van der Waals surface area contributed by atoms with E-state index in [4.69, 9.17) is 4.74 Å². The summed E-state index contributed by atoms with van der Waals surface area (Å²) in [7, 11) is 0. The topological polar surface area (TPSA) is 24.5 Å². The third-order valence-electron chi connectivity index (χ3n) is 4.51. The van der Waals surface area contributed by atoms with E-state index >= 15 is 0 Å². The molecule has 0 bridgehead atoms. The first-order chi connectivity index (χ1) is 8.83. The number of morpholine rings is 1. The van der Waals surface area contributed by atoms with Crippen LogP contribution in [0.15, 0.2) is 0 Å². The van der Waals surface area contributed by atoms with Crippen molar-refractivity contribution in [2.75, 3.05) is 26.2 Å². The minimum absolute atomic E-state index is 0.526. The monoisotopic (exact) mass is 254 g/mol. The molecule has 1 aliphatic heterocycles. The lowest BCUT2D eigenvalue weighted by atomic mass is 9.89. The van der Waals surface area contributed by atoms with Crippen molar-refractivity contribution in [3.8, 4) is 0 Å². The van der Waals surface area contributed by atoms with Gasteiger partial charge in [0.25, 0.3) is 0 Å². The SMILES string of the molecule is CCCNCCC(C)N1CCOC2CCCCC21. The summed E-state index contributed by atoms with van der Waals surface area (Å²) in [6.07, 6.45) is 8.40. The maximum absolute atomic E-state index is 5.95. The first-order valence-electron chi connectivity index (χ1n) is 7.91. The van der Waals surface area contributed by atoms with Gasteiger partial charge in [-0.05, 0) is 45.7 Å². The molecule has 1 saturated heterocycles. The normalized spacial score (nSPS) is 31.0. The Kier molecular flexibility index (Phi) is 5.93. The molecule has 0 spiro atoms. The fourth-order valence-corrected chi connectivity index (χ4v) is 3.45. The van der Waals surface area contributed by atoms with Crippen molar-refractivity contribution in [3.63, 3.8) is 0 Å². The summed E-state index contributed by atoms with van der Waals surface area (Å²) in [5.74, 6) is 0. The second-order valence-electron chi connectivity index (χ2n) is 5.89. The standard InChI is InChI=1S/C15H30N2O/c1-3-9-16-10-8-13(2)17-11-12-18-15-7-5-4-6-14(15)17/h13-16H,3-12H2,1-2H3. The van der Waals surface area contributed by atoms with E-state index in [1.165, 1.54) is 38.5 Å². The Morgan fingerprint density at radius 2 is 2.11 bits per heavy atom. The van der Waals surface area contributed by atoms with E-state index in [0.29, 0.717) is 18.2 Å². The molecule has 3 unspecified atom stereocenters. The van der Waals surface area contributed by atoms with E-state index in [0.717, 1.165) is 26.2 Å². The molecule has 2 rings (SSSR count). The van der Waals surface area contributed by atoms with Crippen LogP contribution in [-0.4, -0.2) is 49.3 Å². The van der Waals surface area contributed by atoms with Gasteiger partial charge in [-0.3, -0.25) is 4.90 Å². The van der Waals surface area contributed by atoms with Gasteiger partial charge in [0, 0.05) is 18.6 Å². The summed E-state index contributed by atoms with van der Waals surface area (Å²) in [4.78, 5) is 2.72. The molecule has 2 fully saturated rings. The van der Waals surface area contributed by atoms with Gasteiger partial charge in [-0.15, -0.1) is 0 Å². The van der Waals surface area contributed by atoms with E-state index in [1.807, 2.05) is 0 Å². The first kappa shape index (κ1) is 14.3. The number of ether oxygens (including phenoxy) is 1. The smallest absolute Gasteiger partial charge is 0.0731 e. The van der Waals surface area contributed by atoms with E-state index < -0.39 is 0 Å². The van der Waals surface area contributed by atoms with Crippen molar-refractivity contribution >= 4 is 0 Å². The van der Waals surface area contributed by atoms with Crippen LogP contribution in [0.2, 0.25) is 0 Å². The van der Waals surface area contributed by atoms with Gasteiger partial charge in [-0.1, -0.05) is 19.8 Å². The lowest BCUT2D eigenvalue weighted by Gasteiger charge is -2.46. The van der Waals surface area contributed by atoms with Crippen molar-refractivity contribution in [2.24, 2.45) is 0 Å². The maximum atomic E-state index is 5.95. The largest absolute Gasteiger partial charge is 0.375 e. The van der Waals surface area contributed by atoms with Gasteiger partial charge < -0.3 is 10.1 Å². The Morgan fingerprint density at radius 3 is 2.94 bits per heavy atom. The zero-order valence-corrected chi connectivity index (χ0v) is 12.2. The average molecular weight is 254 g/mol. The Morgan fingerprint density at radius 1 is 1.28 bits per heavy atom. The number of hydrogen-bond donors (Lipinski definition) is 1.